The average Bonchev–Trinajstić information content (AvgIpc) is 3.29. The number of ether oxygens (including phenoxy) is 1. The first-order valence-electron chi connectivity index (χ1n) is 12.2. The van der Waals surface area contributed by atoms with Crippen LogP contribution in [-0.2, 0) is 13.2 Å². The van der Waals surface area contributed by atoms with E-state index in [9.17, 15) is 4.79 Å². The van der Waals surface area contributed by atoms with Crippen molar-refractivity contribution in [2.24, 2.45) is 5.92 Å². The Balaban J connectivity index is 1.49. The summed E-state index contributed by atoms with van der Waals surface area (Å²) in [6.07, 6.45) is 3.20. The molecule has 2 heterocycles. The maximum absolute atomic E-state index is 12.8. The van der Waals surface area contributed by atoms with Crippen molar-refractivity contribution in [2.45, 2.75) is 26.0 Å². The molecule has 0 bridgehead atoms. The SMILES string of the molecule is C[C@H](Cn1c(I)cnc1-c1occc(=O)c1OCc1ccccc1)C(c1ccccc1)c1ccccc1. The normalized spacial score (nSPS) is 12.0. The molecule has 0 saturated heterocycles. The van der Waals surface area contributed by atoms with Crippen LogP contribution in [-0.4, -0.2) is 9.55 Å². The van der Waals surface area contributed by atoms with Crippen molar-refractivity contribution in [2.75, 3.05) is 0 Å². The third-order valence-corrected chi connectivity index (χ3v) is 7.29. The van der Waals surface area contributed by atoms with Crippen molar-refractivity contribution in [1.82, 2.24) is 9.55 Å². The minimum Gasteiger partial charge on any atom is -0.481 e. The highest BCUT2D eigenvalue weighted by atomic mass is 127. The molecule has 0 radical (unpaired) electrons. The van der Waals surface area contributed by atoms with Gasteiger partial charge in [-0.2, -0.15) is 0 Å². The van der Waals surface area contributed by atoms with Gasteiger partial charge in [0, 0.05) is 18.5 Å². The van der Waals surface area contributed by atoms with Gasteiger partial charge in [-0.3, -0.25) is 4.79 Å². The molecule has 5 nitrogen and oxygen atoms in total. The van der Waals surface area contributed by atoms with Gasteiger partial charge in [-0.25, -0.2) is 4.98 Å². The first kappa shape index (κ1) is 25.0. The van der Waals surface area contributed by atoms with E-state index in [1.165, 1.54) is 23.5 Å². The van der Waals surface area contributed by atoms with E-state index in [1.807, 2.05) is 42.5 Å². The maximum Gasteiger partial charge on any atom is 0.227 e. The zero-order valence-electron chi connectivity index (χ0n) is 20.5. The molecule has 5 aromatic rings. The molecule has 2 aromatic heterocycles. The summed E-state index contributed by atoms with van der Waals surface area (Å²) in [5.74, 6) is 1.50. The molecule has 0 saturated carbocycles. The van der Waals surface area contributed by atoms with E-state index < -0.39 is 0 Å². The van der Waals surface area contributed by atoms with Gasteiger partial charge >= 0.3 is 0 Å². The topological polar surface area (TPSA) is 57.3 Å². The summed E-state index contributed by atoms with van der Waals surface area (Å²) in [6.45, 7) is 3.19. The van der Waals surface area contributed by atoms with Crippen LogP contribution in [0.5, 0.6) is 5.75 Å². The second-order valence-electron chi connectivity index (χ2n) is 9.01. The van der Waals surface area contributed by atoms with Crippen LogP contribution in [0.15, 0.2) is 119 Å². The number of halogens is 1. The van der Waals surface area contributed by atoms with E-state index in [1.54, 1.807) is 6.20 Å². The number of rotatable bonds is 9. The van der Waals surface area contributed by atoms with Crippen LogP contribution >= 0.6 is 22.6 Å². The Morgan fingerprint density at radius 2 is 1.49 bits per heavy atom. The zero-order chi connectivity index (χ0) is 25.6. The molecule has 0 aliphatic heterocycles. The van der Waals surface area contributed by atoms with Crippen LogP contribution in [0.1, 0.15) is 29.5 Å². The molecule has 186 valence electrons. The van der Waals surface area contributed by atoms with Gasteiger partial charge in [-0.05, 0) is 45.2 Å². The van der Waals surface area contributed by atoms with Gasteiger partial charge in [-0.15, -0.1) is 0 Å². The molecule has 0 spiro atoms. The van der Waals surface area contributed by atoms with Crippen LogP contribution < -0.4 is 10.2 Å². The van der Waals surface area contributed by atoms with Crippen molar-refractivity contribution in [3.63, 3.8) is 0 Å². The Labute approximate surface area is 229 Å². The summed E-state index contributed by atoms with van der Waals surface area (Å²) in [5.41, 5.74) is 3.25. The van der Waals surface area contributed by atoms with Crippen molar-refractivity contribution in [1.29, 1.82) is 0 Å². The quantitative estimate of drug-likeness (QED) is 0.168. The van der Waals surface area contributed by atoms with Crippen LogP contribution in [0.4, 0.5) is 0 Å². The highest BCUT2D eigenvalue weighted by Crippen LogP contribution is 2.35. The molecular weight excluding hydrogens is 575 g/mol. The molecule has 0 N–H and O–H groups in total. The van der Waals surface area contributed by atoms with Crippen molar-refractivity contribution in [3.8, 4) is 17.3 Å². The molecule has 6 heteroatoms. The summed E-state index contributed by atoms with van der Waals surface area (Å²) in [6, 6.07) is 32.3. The van der Waals surface area contributed by atoms with Crippen LogP contribution in [0, 0.1) is 9.62 Å². The minimum atomic E-state index is -0.235. The highest BCUT2D eigenvalue weighted by Gasteiger charge is 2.26. The molecule has 3 aromatic carbocycles. The first-order chi connectivity index (χ1) is 18.1. The van der Waals surface area contributed by atoms with Gasteiger partial charge < -0.3 is 13.7 Å². The van der Waals surface area contributed by atoms with Gasteiger partial charge in [-0.1, -0.05) is 97.9 Å². The van der Waals surface area contributed by atoms with Crippen molar-refractivity contribution >= 4 is 22.6 Å². The van der Waals surface area contributed by atoms with Gasteiger partial charge in [0.15, 0.2) is 5.82 Å². The van der Waals surface area contributed by atoms with E-state index in [0.29, 0.717) is 18.1 Å². The molecule has 5 rings (SSSR count). The summed E-state index contributed by atoms with van der Waals surface area (Å²) >= 11 is 2.29. The average molecular weight is 602 g/mol. The molecular formula is C31H27IN2O3. The second-order valence-corrected chi connectivity index (χ2v) is 10.1. The Kier molecular flexibility index (Phi) is 7.84. The summed E-state index contributed by atoms with van der Waals surface area (Å²) in [5, 5.41) is 0. The lowest BCUT2D eigenvalue weighted by atomic mass is 9.81. The number of aromatic nitrogens is 2. The smallest absolute Gasteiger partial charge is 0.227 e. The minimum absolute atomic E-state index is 0.171. The highest BCUT2D eigenvalue weighted by molar-refractivity contribution is 14.1. The van der Waals surface area contributed by atoms with Gasteiger partial charge in [0.2, 0.25) is 16.9 Å². The number of hydrogen-bond donors (Lipinski definition) is 0. The zero-order valence-corrected chi connectivity index (χ0v) is 22.6. The Bertz CT molecular complexity index is 1460. The fraction of sp³-hybridized carbons (Fsp3) is 0.161. The monoisotopic (exact) mass is 602 g/mol. The van der Waals surface area contributed by atoms with E-state index in [-0.39, 0.29) is 29.6 Å². The summed E-state index contributed by atoms with van der Waals surface area (Å²) in [7, 11) is 0. The number of imidazole rings is 1. The molecule has 0 aliphatic rings. The predicted molar refractivity (Wildman–Crippen MR) is 154 cm³/mol. The van der Waals surface area contributed by atoms with E-state index in [0.717, 1.165) is 9.26 Å². The van der Waals surface area contributed by atoms with Crippen molar-refractivity contribution in [3.05, 3.63) is 140 Å². The second kappa shape index (κ2) is 11.6. The molecule has 0 aliphatic carbocycles. The van der Waals surface area contributed by atoms with E-state index >= 15 is 0 Å². The van der Waals surface area contributed by atoms with Gasteiger partial charge in [0.05, 0.1) is 12.5 Å². The number of nitrogens with zero attached hydrogens (tertiary/aromatic N) is 2. The van der Waals surface area contributed by atoms with Crippen LogP contribution in [0.3, 0.4) is 0 Å². The Morgan fingerprint density at radius 1 is 0.892 bits per heavy atom. The number of benzene rings is 3. The van der Waals surface area contributed by atoms with Gasteiger partial charge in [0.1, 0.15) is 10.3 Å². The Hall–Kier alpha value is -3.65. The molecule has 0 unspecified atom stereocenters. The fourth-order valence-electron chi connectivity index (χ4n) is 4.70. The molecule has 0 amide bonds. The largest absolute Gasteiger partial charge is 0.481 e. The lowest BCUT2D eigenvalue weighted by Crippen LogP contribution is -2.19. The molecule has 1 atom stereocenters. The molecule has 37 heavy (non-hydrogen) atoms. The van der Waals surface area contributed by atoms with Crippen LogP contribution in [0.25, 0.3) is 11.6 Å². The summed E-state index contributed by atoms with van der Waals surface area (Å²) in [4.78, 5) is 17.5. The number of hydrogen-bond acceptors (Lipinski definition) is 4. The van der Waals surface area contributed by atoms with E-state index in [2.05, 4.69) is 87.6 Å². The van der Waals surface area contributed by atoms with Gasteiger partial charge in [0.25, 0.3) is 0 Å². The maximum atomic E-state index is 12.8. The lowest BCUT2D eigenvalue weighted by molar-refractivity contribution is 0.294. The third-order valence-electron chi connectivity index (χ3n) is 6.43. The van der Waals surface area contributed by atoms with Crippen molar-refractivity contribution < 1.29 is 9.15 Å². The fourth-order valence-corrected chi connectivity index (χ4v) is 5.26. The lowest BCUT2D eigenvalue weighted by Gasteiger charge is -2.26. The molecule has 0 fully saturated rings. The standard InChI is InChI=1S/C31H27IN2O3/c1-22(28(24-13-7-3-8-14-24)25-15-9-4-10-16-25)20-34-27(32)19-33-31(34)30-29(26(35)17-18-36-30)37-21-23-11-5-2-6-12-23/h2-19,22,28H,20-21H2,1H3/t22-/m1/s1. The van der Waals surface area contributed by atoms with Crippen LogP contribution in [0.2, 0.25) is 0 Å². The first-order valence-corrected chi connectivity index (χ1v) is 13.3. The Morgan fingerprint density at radius 3 is 2.11 bits per heavy atom. The summed E-state index contributed by atoms with van der Waals surface area (Å²) < 4.78 is 14.9. The third kappa shape index (κ3) is 5.69. The predicted octanol–water partition coefficient (Wildman–Crippen LogP) is 7.16. The van der Waals surface area contributed by atoms with E-state index in [4.69, 9.17) is 9.15 Å².